The van der Waals surface area contributed by atoms with Gasteiger partial charge in [0.15, 0.2) is 12.2 Å². The molecule has 0 aliphatic rings. The van der Waals surface area contributed by atoms with Crippen LogP contribution in [-0.4, -0.2) is 63.8 Å². The van der Waals surface area contributed by atoms with Crippen molar-refractivity contribution in [2.45, 2.75) is 26.1 Å². The van der Waals surface area contributed by atoms with Crippen molar-refractivity contribution in [2.24, 2.45) is 0 Å². The highest BCUT2D eigenvalue weighted by molar-refractivity contribution is 6.33. The van der Waals surface area contributed by atoms with Gasteiger partial charge >= 0.3 is 11.9 Å². The Kier molecular flexibility index (Phi) is 13.3. The zero-order valence-corrected chi connectivity index (χ0v) is 23.2. The minimum Gasteiger partial charge on any atom is -0.489 e. The summed E-state index contributed by atoms with van der Waals surface area (Å²) in [6, 6.07) is 8.98. The smallest absolute Gasteiger partial charge is 0.333 e. The average molecular weight is 559 g/mol. The Labute approximate surface area is 234 Å². The van der Waals surface area contributed by atoms with Crippen molar-refractivity contribution in [1.82, 2.24) is 0 Å². The highest BCUT2D eigenvalue weighted by Crippen LogP contribution is 2.40. The van der Waals surface area contributed by atoms with Crippen molar-refractivity contribution in [1.29, 1.82) is 0 Å². The highest BCUT2D eigenvalue weighted by atomic mass is 35.5. The fraction of sp³-hybridized carbons (Fsp3) is 0.333. The first-order chi connectivity index (χ1) is 18.7. The quantitative estimate of drug-likeness (QED) is 0.101. The maximum atomic E-state index is 12.1. The Morgan fingerprint density at radius 2 is 1.31 bits per heavy atom. The SMILES string of the molecule is C=CCOCC(COc1cc(Cl)c(OCC(COCC=C)OC(=O)C(=C)C)c2ccccc12)OC(=O)C(=C)C. The van der Waals surface area contributed by atoms with E-state index in [4.69, 9.17) is 40.0 Å². The first kappa shape index (κ1) is 31.6. The number of carbonyl (C=O) groups is 2. The summed E-state index contributed by atoms with van der Waals surface area (Å²) in [5.41, 5.74) is 0.525. The van der Waals surface area contributed by atoms with Crippen LogP contribution in [0, 0.1) is 0 Å². The van der Waals surface area contributed by atoms with Crippen LogP contribution in [0.3, 0.4) is 0 Å². The van der Waals surface area contributed by atoms with E-state index in [1.807, 2.05) is 24.3 Å². The molecule has 2 aromatic rings. The van der Waals surface area contributed by atoms with Crippen molar-refractivity contribution < 1.29 is 38.0 Å². The van der Waals surface area contributed by atoms with Crippen molar-refractivity contribution in [3.8, 4) is 11.5 Å². The molecule has 0 saturated heterocycles. The third kappa shape index (κ3) is 10.2. The Hall–Kier alpha value is -3.59. The number of benzene rings is 2. The van der Waals surface area contributed by atoms with E-state index in [1.54, 1.807) is 32.1 Å². The predicted molar refractivity (Wildman–Crippen MR) is 151 cm³/mol. The molecule has 0 radical (unpaired) electrons. The number of fused-ring (bicyclic) bond motifs is 1. The lowest BCUT2D eigenvalue weighted by atomic mass is 10.1. The summed E-state index contributed by atoms with van der Waals surface area (Å²) >= 11 is 6.61. The van der Waals surface area contributed by atoms with Gasteiger partial charge in [0.05, 0.1) is 31.5 Å². The molecule has 39 heavy (non-hydrogen) atoms. The molecule has 0 heterocycles. The third-order valence-corrected chi connectivity index (χ3v) is 5.35. The zero-order valence-electron chi connectivity index (χ0n) is 22.4. The van der Waals surface area contributed by atoms with Crippen LogP contribution in [0.25, 0.3) is 10.8 Å². The number of ether oxygens (including phenoxy) is 6. The summed E-state index contributed by atoms with van der Waals surface area (Å²) in [7, 11) is 0. The van der Waals surface area contributed by atoms with Gasteiger partial charge in [0.2, 0.25) is 0 Å². The van der Waals surface area contributed by atoms with Crippen molar-refractivity contribution in [3.63, 3.8) is 0 Å². The maximum Gasteiger partial charge on any atom is 0.333 e. The van der Waals surface area contributed by atoms with Gasteiger partial charge in [-0.05, 0) is 13.8 Å². The molecule has 9 heteroatoms. The van der Waals surface area contributed by atoms with Gasteiger partial charge in [0.1, 0.15) is 24.7 Å². The van der Waals surface area contributed by atoms with Gasteiger partial charge in [-0.15, -0.1) is 13.2 Å². The number of esters is 2. The summed E-state index contributed by atoms with van der Waals surface area (Å²) in [5, 5.41) is 1.67. The van der Waals surface area contributed by atoms with Gasteiger partial charge in [-0.25, -0.2) is 9.59 Å². The lowest BCUT2D eigenvalue weighted by Crippen LogP contribution is -2.30. The van der Waals surface area contributed by atoms with Crippen LogP contribution in [0.1, 0.15) is 13.8 Å². The van der Waals surface area contributed by atoms with E-state index >= 15 is 0 Å². The Morgan fingerprint density at radius 1 is 0.821 bits per heavy atom. The molecule has 0 bridgehead atoms. The van der Waals surface area contributed by atoms with Crippen LogP contribution in [0.4, 0.5) is 0 Å². The molecule has 0 N–H and O–H groups in total. The number of rotatable bonds is 18. The fourth-order valence-corrected chi connectivity index (χ4v) is 3.47. The van der Waals surface area contributed by atoms with E-state index in [0.717, 1.165) is 0 Å². The van der Waals surface area contributed by atoms with E-state index in [0.29, 0.717) is 28.9 Å². The molecule has 0 saturated carbocycles. The molecule has 0 spiro atoms. The molecular weight excluding hydrogens is 524 g/mol. The van der Waals surface area contributed by atoms with E-state index in [2.05, 4.69) is 26.3 Å². The molecule has 2 aromatic carbocycles. The predicted octanol–water partition coefficient (Wildman–Crippen LogP) is 5.63. The fourth-order valence-electron chi connectivity index (χ4n) is 3.21. The van der Waals surface area contributed by atoms with Crippen LogP contribution in [-0.2, 0) is 28.5 Å². The van der Waals surface area contributed by atoms with E-state index < -0.39 is 24.1 Å². The molecule has 0 aliphatic carbocycles. The molecule has 0 aromatic heterocycles. The third-order valence-electron chi connectivity index (χ3n) is 5.07. The van der Waals surface area contributed by atoms with Crippen LogP contribution in [0.2, 0.25) is 5.02 Å². The van der Waals surface area contributed by atoms with Gasteiger partial charge in [0.25, 0.3) is 0 Å². The summed E-state index contributed by atoms with van der Waals surface area (Å²) in [6.45, 7) is 18.4. The van der Waals surface area contributed by atoms with Crippen LogP contribution in [0.15, 0.2) is 79.9 Å². The highest BCUT2D eigenvalue weighted by Gasteiger charge is 2.21. The Morgan fingerprint density at radius 3 is 1.79 bits per heavy atom. The Balaban J connectivity index is 2.25. The molecule has 8 nitrogen and oxygen atoms in total. The molecular formula is C30H35ClO8. The lowest BCUT2D eigenvalue weighted by Gasteiger charge is -2.21. The van der Waals surface area contributed by atoms with Gasteiger partial charge in [-0.1, -0.05) is 61.2 Å². The second-order valence-corrected chi connectivity index (χ2v) is 9.03. The molecule has 2 atom stereocenters. The number of carbonyl (C=O) groups excluding carboxylic acids is 2. The number of hydrogen-bond donors (Lipinski definition) is 0. The standard InChI is InChI=1S/C30H35ClO8/c1-7-13-34-16-22(38-29(32)20(3)4)18-36-27-15-26(31)28(25-12-10-9-11-24(25)27)37-19-23(17-35-14-8-2)39-30(33)21(5)6/h7-12,15,22-23H,1-3,5,13-14,16-19H2,4,6H3. The van der Waals surface area contributed by atoms with Gasteiger partial charge in [-0.2, -0.15) is 0 Å². The Bertz CT molecular complexity index is 1190. The van der Waals surface area contributed by atoms with E-state index in [1.165, 1.54) is 0 Å². The minimum atomic E-state index is -0.709. The van der Waals surface area contributed by atoms with Gasteiger partial charge in [0, 0.05) is 28.0 Å². The lowest BCUT2D eigenvalue weighted by molar-refractivity contribution is -0.149. The summed E-state index contributed by atoms with van der Waals surface area (Å²) in [6.07, 6.45) is 1.79. The van der Waals surface area contributed by atoms with Crippen LogP contribution < -0.4 is 9.47 Å². The zero-order chi connectivity index (χ0) is 28.8. The molecule has 2 rings (SSSR count). The maximum absolute atomic E-state index is 12.1. The summed E-state index contributed by atoms with van der Waals surface area (Å²) in [4.78, 5) is 24.2. The second-order valence-electron chi connectivity index (χ2n) is 8.62. The van der Waals surface area contributed by atoms with Crippen molar-refractivity contribution >= 4 is 34.3 Å². The normalized spacial score (nSPS) is 12.2. The number of hydrogen-bond acceptors (Lipinski definition) is 8. The van der Waals surface area contributed by atoms with Crippen molar-refractivity contribution in [3.05, 3.63) is 85.0 Å². The van der Waals surface area contributed by atoms with E-state index in [9.17, 15) is 9.59 Å². The van der Waals surface area contributed by atoms with E-state index in [-0.39, 0.29) is 49.2 Å². The average Bonchev–Trinajstić information content (AvgIpc) is 2.90. The number of halogens is 1. The summed E-state index contributed by atoms with van der Waals surface area (Å²) < 4.78 is 33.9. The first-order valence-electron chi connectivity index (χ1n) is 12.2. The second kappa shape index (κ2) is 16.4. The first-order valence-corrected chi connectivity index (χ1v) is 12.6. The van der Waals surface area contributed by atoms with Crippen molar-refractivity contribution in [2.75, 3.05) is 39.6 Å². The molecule has 0 fully saturated rings. The molecule has 0 aliphatic heterocycles. The monoisotopic (exact) mass is 558 g/mol. The van der Waals surface area contributed by atoms with Crippen LogP contribution in [0.5, 0.6) is 11.5 Å². The molecule has 2 unspecified atom stereocenters. The topological polar surface area (TPSA) is 89.5 Å². The summed E-state index contributed by atoms with van der Waals surface area (Å²) in [5.74, 6) is -0.247. The molecule has 0 amide bonds. The van der Waals surface area contributed by atoms with Crippen LogP contribution >= 0.6 is 11.6 Å². The largest absolute Gasteiger partial charge is 0.489 e. The van der Waals surface area contributed by atoms with Gasteiger partial charge in [-0.3, -0.25) is 0 Å². The minimum absolute atomic E-state index is 0.0102. The van der Waals surface area contributed by atoms with Gasteiger partial charge < -0.3 is 28.4 Å². The molecule has 210 valence electrons.